The van der Waals surface area contributed by atoms with E-state index >= 15 is 0 Å². The first-order chi connectivity index (χ1) is 14.7. The normalized spacial score (nSPS) is 12.0. The summed E-state index contributed by atoms with van der Waals surface area (Å²) in [6, 6.07) is 3.61. The highest BCUT2D eigenvalue weighted by Crippen LogP contribution is 2.30. The summed E-state index contributed by atoms with van der Waals surface area (Å²) in [5.74, 6) is -2.37. The number of aromatic nitrogens is 2. The maximum absolute atomic E-state index is 14.5. The largest absolute Gasteiger partial charge is 0.477 e. The number of carboxylic acid groups (broad SMARTS) is 1. The second kappa shape index (κ2) is 9.55. The van der Waals surface area contributed by atoms with Crippen molar-refractivity contribution in [3.05, 3.63) is 47.0 Å². The van der Waals surface area contributed by atoms with E-state index in [1.54, 1.807) is 27.8 Å². The van der Waals surface area contributed by atoms with Gasteiger partial charge in [0.05, 0.1) is 12.2 Å². The Morgan fingerprint density at radius 2 is 1.88 bits per heavy atom. The van der Waals surface area contributed by atoms with Gasteiger partial charge in [-0.15, -0.1) is 0 Å². The van der Waals surface area contributed by atoms with E-state index in [0.717, 1.165) is 18.2 Å². The number of carboxylic acids is 1. The summed E-state index contributed by atoms with van der Waals surface area (Å²) in [5, 5.41) is 15.5. The number of benzene rings is 1. The minimum absolute atomic E-state index is 0.0511. The quantitative estimate of drug-likeness (QED) is 0.612. The van der Waals surface area contributed by atoms with E-state index in [4.69, 9.17) is 4.74 Å². The topological polar surface area (TPSA) is 96.7 Å². The van der Waals surface area contributed by atoms with Gasteiger partial charge in [-0.05, 0) is 46.0 Å². The number of hydrogen-bond acceptors (Lipinski definition) is 5. The molecule has 1 amide bonds. The summed E-state index contributed by atoms with van der Waals surface area (Å²) >= 11 is 0. The van der Waals surface area contributed by atoms with Gasteiger partial charge < -0.3 is 20.1 Å². The number of ether oxygens (including phenoxy) is 1. The highest BCUT2D eigenvalue weighted by molar-refractivity contribution is 5.86. The van der Waals surface area contributed by atoms with Crippen molar-refractivity contribution in [1.82, 2.24) is 20.0 Å². The number of aromatic carboxylic acids is 1. The Kier molecular flexibility index (Phi) is 7.50. The molecule has 2 aromatic rings. The highest BCUT2D eigenvalue weighted by atomic mass is 19.4. The monoisotopic (exact) mass is 460 g/mol. The van der Waals surface area contributed by atoms with Crippen molar-refractivity contribution in [2.45, 2.75) is 39.1 Å². The van der Waals surface area contributed by atoms with Gasteiger partial charge in [0.2, 0.25) is 0 Å². The molecule has 1 heterocycles. The van der Waals surface area contributed by atoms with Crippen LogP contribution >= 0.6 is 0 Å². The van der Waals surface area contributed by atoms with E-state index in [9.17, 15) is 32.3 Å². The molecule has 0 aliphatic carbocycles. The summed E-state index contributed by atoms with van der Waals surface area (Å²) in [5.41, 5.74) is -3.09. The molecule has 176 valence electrons. The molecule has 1 aromatic heterocycles. The van der Waals surface area contributed by atoms with Gasteiger partial charge in [0.1, 0.15) is 11.4 Å². The average Bonchev–Trinajstić information content (AvgIpc) is 3.11. The molecule has 1 aromatic carbocycles. The molecule has 2 rings (SSSR count). The predicted molar refractivity (Wildman–Crippen MR) is 106 cm³/mol. The zero-order valence-electron chi connectivity index (χ0n) is 18.0. The zero-order valence-corrected chi connectivity index (χ0v) is 18.0. The molecule has 0 fully saturated rings. The molecule has 32 heavy (non-hydrogen) atoms. The Morgan fingerprint density at radius 3 is 2.41 bits per heavy atom. The van der Waals surface area contributed by atoms with E-state index in [-0.39, 0.29) is 24.3 Å². The Labute approximate surface area is 181 Å². The SMILES string of the molecule is CNCCN(Cc1cc(-n2nc(C(F)(F)F)cc2C(=O)O)ccc1F)C(=O)OC(C)(C)C. The number of amides is 1. The number of hydrogen-bond donors (Lipinski definition) is 2. The first kappa shape index (κ1) is 25.1. The molecular weight excluding hydrogens is 436 g/mol. The third kappa shape index (κ3) is 6.42. The van der Waals surface area contributed by atoms with E-state index in [1.807, 2.05) is 0 Å². The van der Waals surface area contributed by atoms with Crippen LogP contribution in [0.1, 0.15) is 42.5 Å². The number of carbonyl (C=O) groups is 2. The first-order valence-corrected chi connectivity index (χ1v) is 9.55. The summed E-state index contributed by atoms with van der Waals surface area (Å²) in [4.78, 5) is 25.2. The van der Waals surface area contributed by atoms with E-state index in [2.05, 4.69) is 10.4 Å². The van der Waals surface area contributed by atoms with Crippen LogP contribution in [0.2, 0.25) is 0 Å². The minimum atomic E-state index is -4.86. The fourth-order valence-corrected chi connectivity index (χ4v) is 2.70. The molecule has 0 atom stereocenters. The lowest BCUT2D eigenvalue weighted by molar-refractivity contribution is -0.141. The van der Waals surface area contributed by atoms with Crippen LogP contribution in [0.15, 0.2) is 24.3 Å². The average molecular weight is 460 g/mol. The van der Waals surface area contributed by atoms with Gasteiger partial charge in [0.25, 0.3) is 0 Å². The third-order valence-electron chi connectivity index (χ3n) is 4.14. The molecule has 0 spiro atoms. The van der Waals surface area contributed by atoms with Crippen molar-refractivity contribution in [1.29, 1.82) is 0 Å². The van der Waals surface area contributed by atoms with Gasteiger partial charge in [-0.3, -0.25) is 0 Å². The summed E-state index contributed by atoms with van der Waals surface area (Å²) < 4.78 is 59.5. The van der Waals surface area contributed by atoms with Crippen molar-refractivity contribution in [3.8, 4) is 5.69 Å². The fourth-order valence-electron chi connectivity index (χ4n) is 2.70. The molecule has 0 aliphatic heterocycles. The number of alkyl halides is 3. The molecule has 0 saturated carbocycles. The van der Waals surface area contributed by atoms with Crippen molar-refractivity contribution in [2.75, 3.05) is 20.1 Å². The van der Waals surface area contributed by atoms with Crippen LogP contribution in [-0.4, -0.2) is 57.6 Å². The zero-order chi connectivity index (χ0) is 24.3. The van der Waals surface area contributed by atoms with Crippen molar-refractivity contribution < 1.29 is 37.0 Å². The third-order valence-corrected chi connectivity index (χ3v) is 4.14. The van der Waals surface area contributed by atoms with Gasteiger partial charge in [0.15, 0.2) is 11.4 Å². The molecule has 0 unspecified atom stereocenters. The highest BCUT2D eigenvalue weighted by Gasteiger charge is 2.36. The first-order valence-electron chi connectivity index (χ1n) is 9.55. The molecule has 2 N–H and O–H groups in total. The van der Waals surface area contributed by atoms with Gasteiger partial charge >= 0.3 is 18.2 Å². The maximum Gasteiger partial charge on any atom is 0.435 e. The van der Waals surface area contributed by atoms with Crippen molar-refractivity contribution in [3.63, 3.8) is 0 Å². The summed E-state index contributed by atoms with van der Waals surface area (Å²) in [6.07, 6.45) is -5.57. The van der Waals surface area contributed by atoms with E-state index < -0.39 is 41.0 Å². The number of halogens is 4. The van der Waals surface area contributed by atoms with Gasteiger partial charge in [0, 0.05) is 24.7 Å². The second-order valence-electron chi connectivity index (χ2n) is 7.91. The number of carbonyl (C=O) groups excluding carboxylic acids is 1. The van der Waals surface area contributed by atoms with Crippen LogP contribution in [0.25, 0.3) is 5.69 Å². The lowest BCUT2D eigenvalue weighted by Crippen LogP contribution is -2.39. The fraction of sp³-hybridized carbons (Fsp3) is 0.450. The maximum atomic E-state index is 14.5. The molecule has 0 radical (unpaired) electrons. The number of nitrogens with one attached hydrogen (secondary N) is 1. The van der Waals surface area contributed by atoms with E-state index in [0.29, 0.717) is 17.3 Å². The smallest absolute Gasteiger partial charge is 0.435 e. The minimum Gasteiger partial charge on any atom is -0.477 e. The standard InChI is InChI=1S/C20H24F4N4O4/c1-19(2,3)32-18(31)27(8-7-25-4)11-12-9-13(5-6-14(12)21)28-15(17(29)30)10-16(26-28)20(22,23)24/h5-6,9-10,25H,7-8,11H2,1-4H3,(H,29,30). The molecule has 8 nitrogen and oxygen atoms in total. The van der Waals surface area contributed by atoms with E-state index in [1.165, 1.54) is 4.90 Å². The van der Waals surface area contributed by atoms with Crippen molar-refractivity contribution in [2.24, 2.45) is 0 Å². The van der Waals surface area contributed by atoms with Crippen LogP contribution in [0, 0.1) is 5.82 Å². The summed E-state index contributed by atoms with van der Waals surface area (Å²) in [6.45, 7) is 5.29. The van der Waals surface area contributed by atoms with Crippen LogP contribution < -0.4 is 5.32 Å². The molecule has 0 aliphatic rings. The molecule has 12 heteroatoms. The van der Waals surface area contributed by atoms with Crippen LogP contribution in [-0.2, 0) is 17.5 Å². The summed E-state index contributed by atoms with van der Waals surface area (Å²) in [7, 11) is 1.66. The molecule has 0 saturated heterocycles. The van der Waals surface area contributed by atoms with Gasteiger partial charge in [-0.2, -0.15) is 18.3 Å². The van der Waals surface area contributed by atoms with Crippen LogP contribution in [0.5, 0.6) is 0 Å². The Bertz CT molecular complexity index is 983. The van der Waals surface area contributed by atoms with Crippen molar-refractivity contribution >= 4 is 12.1 Å². The number of rotatable bonds is 7. The number of likely N-dealkylation sites (N-methyl/N-ethyl adjacent to an activating group) is 1. The second-order valence-corrected chi connectivity index (χ2v) is 7.91. The van der Waals surface area contributed by atoms with Crippen LogP contribution in [0.4, 0.5) is 22.4 Å². The predicted octanol–water partition coefficient (Wildman–Crippen LogP) is 3.68. The molecular formula is C20H24F4N4O4. The van der Waals surface area contributed by atoms with Gasteiger partial charge in [-0.25, -0.2) is 18.7 Å². The lowest BCUT2D eigenvalue weighted by Gasteiger charge is -2.27. The Balaban J connectivity index is 2.45. The number of nitrogens with zero attached hydrogens (tertiary/aromatic N) is 3. The van der Waals surface area contributed by atoms with Crippen LogP contribution in [0.3, 0.4) is 0 Å². The van der Waals surface area contributed by atoms with Gasteiger partial charge in [-0.1, -0.05) is 0 Å². The Hall–Kier alpha value is -3.15. The lowest BCUT2D eigenvalue weighted by atomic mass is 10.1. The Morgan fingerprint density at radius 1 is 1.22 bits per heavy atom. The molecule has 0 bridgehead atoms.